The third kappa shape index (κ3) is 2.50. The molecule has 0 spiro atoms. The van der Waals surface area contributed by atoms with Crippen molar-refractivity contribution in [3.05, 3.63) is 36.4 Å². The fraction of sp³-hybridized carbons (Fsp3) is 0. The summed E-state index contributed by atoms with van der Waals surface area (Å²) in [5.74, 6) is 0. The SMILES string of the molecule is [Li+].c1ccccc1. The van der Waals surface area contributed by atoms with Gasteiger partial charge in [-0.2, -0.15) is 0 Å². The van der Waals surface area contributed by atoms with Crippen molar-refractivity contribution in [2.45, 2.75) is 0 Å². The zero-order chi connectivity index (χ0) is 4.24. The molecule has 0 aliphatic carbocycles. The molecule has 1 rings (SSSR count). The molecule has 0 nitrogen and oxygen atoms in total. The molecule has 1 aromatic rings. The van der Waals surface area contributed by atoms with E-state index in [0.29, 0.717) is 0 Å². The molecule has 0 aliphatic heterocycles. The Kier molecular flexibility index (Phi) is 3.89. The maximum atomic E-state index is 2.00. The van der Waals surface area contributed by atoms with Gasteiger partial charge in [0.2, 0.25) is 0 Å². The minimum absolute atomic E-state index is 0. The summed E-state index contributed by atoms with van der Waals surface area (Å²) >= 11 is 0. The Morgan fingerprint density at radius 2 is 0.571 bits per heavy atom. The van der Waals surface area contributed by atoms with Gasteiger partial charge in [-0.3, -0.25) is 0 Å². The second-order valence-electron chi connectivity index (χ2n) is 1.15. The molecule has 0 unspecified atom stereocenters. The average molecular weight is 85.1 g/mol. The van der Waals surface area contributed by atoms with Crippen LogP contribution in [-0.2, 0) is 0 Å². The summed E-state index contributed by atoms with van der Waals surface area (Å²) in [7, 11) is 0. The van der Waals surface area contributed by atoms with Crippen molar-refractivity contribution in [2.75, 3.05) is 0 Å². The van der Waals surface area contributed by atoms with Gasteiger partial charge in [0.15, 0.2) is 0 Å². The molecule has 0 saturated heterocycles. The van der Waals surface area contributed by atoms with Crippen LogP contribution in [0.4, 0.5) is 0 Å². The van der Waals surface area contributed by atoms with Crippen LogP contribution in [0.5, 0.6) is 0 Å². The Morgan fingerprint density at radius 1 is 0.429 bits per heavy atom. The number of benzene rings is 1. The number of hydrogen-bond donors (Lipinski definition) is 0. The van der Waals surface area contributed by atoms with Crippen LogP contribution in [0.15, 0.2) is 36.4 Å². The van der Waals surface area contributed by atoms with E-state index in [4.69, 9.17) is 0 Å². The van der Waals surface area contributed by atoms with Crippen molar-refractivity contribution < 1.29 is 18.9 Å². The van der Waals surface area contributed by atoms with Crippen LogP contribution in [0.1, 0.15) is 0 Å². The van der Waals surface area contributed by atoms with Gasteiger partial charge in [0.1, 0.15) is 0 Å². The first-order chi connectivity index (χ1) is 3.00. The van der Waals surface area contributed by atoms with Gasteiger partial charge in [-0.05, 0) is 0 Å². The maximum absolute atomic E-state index is 2.00. The largest absolute Gasteiger partial charge is 1.00 e. The molecule has 0 fully saturated rings. The molecular formula is C6H6Li+. The second kappa shape index (κ2) is 3.99. The van der Waals surface area contributed by atoms with E-state index in [1.807, 2.05) is 36.4 Å². The molecule has 7 heavy (non-hydrogen) atoms. The van der Waals surface area contributed by atoms with Crippen LogP contribution in [-0.4, -0.2) is 0 Å². The summed E-state index contributed by atoms with van der Waals surface area (Å²) < 4.78 is 0. The Hall–Kier alpha value is -0.183. The Bertz CT molecular complexity index is 76.1. The van der Waals surface area contributed by atoms with Crippen LogP contribution < -0.4 is 18.9 Å². The summed E-state index contributed by atoms with van der Waals surface area (Å²) in [5.41, 5.74) is 0. The topological polar surface area (TPSA) is 0 Å². The van der Waals surface area contributed by atoms with E-state index < -0.39 is 0 Å². The monoisotopic (exact) mass is 85.1 g/mol. The number of hydrogen-bond acceptors (Lipinski definition) is 0. The van der Waals surface area contributed by atoms with Crippen molar-refractivity contribution in [3.63, 3.8) is 0 Å². The first kappa shape index (κ1) is 6.82. The van der Waals surface area contributed by atoms with E-state index in [9.17, 15) is 0 Å². The van der Waals surface area contributed by atoms with E-state index in [-0.39, 0.29) is 18.9 Å². The van der Waals surface area contributed by atoms with Crippen molar-refractivity contribution in [3.8, 4) is 0 Å². The fourth-order valence-corrected chi connectivity index (χ4v) is 0.385. The predicted molar refractivity (Wildman–Crippen MR) is 26.4 cm³/mol. The summed E-state index contributed by atoms with van der Waals surface area (Å²) in [4.78, 5) is 0. The van der Waals surface area contributed by atoms with Crippen molar-refractivity contribution in [1.82, 2.24) is 0 Å². The molecule has 0 heterocycles. The summed E-state index contributed by atoms with van der Waals surface area (Å²) in [6.45, 7) is 0. The first-order valence-corrected chi connectivity index (χ1v) is 2.00. The van der Waals surface area contributed by atoms with Crippen LogP contribution in [0.2, 0.25) is 0 Å². The molecule has 0 bridgehead atoms. The van der Waals surface area contributed by atoms with E-state index in [2.05, 4.69) is 0 Å². The summed E-state index contributed by atoms with van der Waals surface area (Å²) in [5, 5.41) is 0. The second-order valence-corrected chi connectivity index (χ2v) is 1.15. The maximum Gasteiger partial charge on any atom is 1.00 e. The molecular weight excluding hydrogens is 79.0 g/mol. The molecule has 0 aliphatic rings. The van der Waals surface area contributed by atoms with Crippen molar-refractivity contribution in [1.29, 1.82) is 0 Å². The van der Waals surface area contributed by atoms with Crippen LogP contribution >= 0.6 is 0 Å². The third-order valence-electron chi connectivity index (χ3n) is 0.667. The molecule has 1 heteroatoms. The van der Waals surface area contributed by atoms with Gasteiger partial charge < -0.3 is 0 Å². The molecule has 0 radical (unpaired) electrons. The zero-order valence-electron chi connectivity index (χ0n) is 4.46. The minimum atomic E-state index is 0. The molecule has 0 amide bonds. The van der Waals surface area contributed by atoms with Gasteiger partial charge in [0, 0.05) is 0 Å². The van der Waals surface area contributed by atoms with Crippen molar-refractivity contribution in [2.24, 2.45) is 0 Å². The van der Waals surface area contributed by atoms with Gasteiger partial charge in [-0.1, -0.05) is 36.4 Å². The van der Waals surface area contributed by atoms with Crippen LogP contribution in [0.3, 0.4) is 0 Å². The summed E-state index contributed by atoms with van der Waals surface area (Å²) in [6.07, 6.45) is 0. The smallest absolute Gasteiger partial charge is 0.0623 e. The van der Waals surface area contributed by atoms with E-state index in [1.54, 1.807) is 0 Å². The number of rotatable bonds is 0. The zero-order valence-corrected chi connectivity index (χ0v) is 4.46. The quantitative estimate of drug-likeness (QED) is 0.343. The normalized spacial score (nSPS) is 6.86. The minimum Gasteiger partial charge on any atom is -0.0623 e. The van der Waals surface area contributed by atoms with Gasteiger partial charge in [0.05, 0.1) is 0 Å². The molecule has 30 valence electrons. The fourth-order valence-electron chi connectivity index (χ4n) is 0.385. The molecule has 0 aromatic heterocycles. The van der Waals surface area contributed by atoms with E-state index >= 15 is 0 Å². The van der Waals surface area contributed by atoms with E-state index in [1.165, 1.54) is 0 Å². The van der Waals surface area contributed by atoms with Crippen LogP contribution in [0.25, 0.3) is 0 Å². The molecule has 0 atom stereocenters. The molecule has 0 saturated carbocycles. The van der Waals surface area contributed by atoms with E-state index in [0.717, 1.165) is 0 Å². The summed E-state index contributed by atoms with van der Waals surface area (Å²) in [6, 6.07) is 12.0. The molecule has 0 N–H and O–H groups in total. The van der Waals surface area contributed by atoms with Gasteiger partial charge >= 0.3 is 18.9 Å². The van der Waals surface area contributed by atoms with Crippen molar-refractivity contribution >= 4 is 0 Å². The van der Waals surface area contributed by atoms with Gasteiger partial charge in [-0.15, -0.1) is 0 Å². The van der Waals surface area contributed by atoms with Gasteiger partial charge in [0.25, 0.3) is 0 Å². The Balaban J connectivity index is 0.000000360. The standard InChI is InChI=1S/C6H6.Li/c1-2-4-6-5-3-1;/h1-6H;/q;+1. The third-order valence-corrected chi connectivity index (χ3v) is 0.667. The molecule has 1 aromatic carbocycles. The Morgan fingerprint density at radius 3 is 0.714 bits per heavy atom. The predicted octanol–water partition coefficient (Wildman–Crippen LogP) is -1.31. The first-order valence-electron chi connectivity index (χ1n) is 2.00. The average Bonchev–Trinajstić information content (AvgIpc) is 1.72. The Labute approximate surface area is 55.7 Å². The van der Waals surface area contributed by atoms with Crippen LogP contribution in [0, 0.1) is 0 Å². The van der Waals surface area contributed by atoms with Gasteiger partial charge in [-0.25, -0.2) is 0 Å².